The van der Waals surface area contributed by atoms with Gasteiger partial charge in [0.15, 0.2) is 5.13 Å². The van der Waals surface area contributed by atoms with E-state index < -0.39 is 0 Å². The number of anilines is 1. The van der Waals surface area contributed by atoms with Crippen LogP contribution in [-0.4, -0.2) is 32.2 Å². The Labute approximate surface area is 169 Å². The number of methoxy groups -OCH3 is 2. The molecular formula is C22H24N2O3S. The van der Waals surface area contributed by atoms with Crippen molar-refractivity contribution in [2.24, 2.45) is 0 Å². The first-order chi connectivity index (χ1) is 13.3. The highest BCUT2D eigenvalue weighted by Gasteiger charge is 2.21. The Morgan fingerprint density at radius 1 is 1.04 bits per heavy atom. The van der Waals surface area contributed by atoms with E-state index >= 15 is 0 Å². The second-order valence-electron chi connectivity index (χ2n) is 6.72. The Bertz CT molecular complexity index is 1000. The molecule has 0 saturated heterocycles. The summed E-state index contributed by atoms with van der Waals surface area (Å²) in [4.78, 5) is 19.3. The minimum atomic E-state index is -0.183. The molecule has 2 aromatic carbocycles. The largest absolute Gasteiger partial charge is 0.497 e. The smallest absolute Gasteiger partial charge is 0.263 e. The van der Waals surface area contributed by atoms with E-state index in [1.54, 1.807) is 37.3 Å². The quantitative estimate of drug-likeness (QED) is 0.607. The van der Waals surface area contributed by atoms with Gasteiger partial charge >= 0.3 is 0 Å². The lowest BCUT2D eigenvalue weighted by atomic mass is 9.98. The Hall–Kier alpha value is -2.86. The van der Waals surface area contributed by atoms with Gasteiger partial charge < -0.3 is 9.47 Å². The number of carbonyl (C=O) groups is 1. The van der Waals surface area contributed by atoms with Crippen molar-refractivity contribution in [3.05, 3.63) is 58.0 Å². The first kappa shape index (κ1) is 19.9. The van der Waals surface area contributed by atoms with Crippen LogP contribution in [0.25, 0.3) is 11.3 Å². The predicted octanol–water partition coefficient (Wildman–Crippen LogP) is 5.03. The number of aromatic nitrogens is 1. The van der Waals surface area contributed by atoms with Crippen molar-refractivity contribution < 1.29 is 14.3 Å². The van der Waals surface area contributed by atoms with E-state index in [9.17, 15) is 4.79 Å². The van der Waals surface area contributed by atoms with Gasteiger partial charge in [0.1, 0.15) is 11.5 Å². The number of amides is 1. The number of benzene rings is 2. The molecule has 0 aliphatic carbocycles. The van der Waals surface area contributed by atoms with Crippen molar-refractivity contribution in [1.82, 2.24) is 4.98 Å². The van der Waals surface area contributed by atoms with Crippen LogP contribution in [0.2, 0.25) is 0 Å². The Morgan fingerprint density at radius 2 is 1.71 bits per heavy atom. The van der Waals surface area contributed by atoms with Gasteiger partial charge in [-0.05, 0) is 44.0 Å². The molecule has 5 nitrogen and oxygen atoms in total. The van der Waals surface area contributed by atoms with Crippen LogP contribution in [0.4, 0.5) is 5.13 Å². The maximum atomic E-state index is 13.0. The normalized spacial score (nSPS) is 10.6. The standard InChI is InChI=1S/C22H24N2O3S/c1-13-9-14(2)20(15(3)10-13)18-12-28-22(23-18)24(4)21(25)17-8-7-16(26-5)11-19(17)27-6/h7-12H,1-6H3. The van der Waals surface area contributed by atoms with Crippen LogP contribution in [0, 0.1) is 20.8 Å². The third-order valence-electron chi connectivity index (χ3n) is 4.66. The second kappa shape index (κ2) is 8.02. The van der Waals surface area contributed by atoms with Crippen LogP contribution in [0.5, 0.6) is 11.5 Å². The molecule has 0 atom stereocenters. The molecule has 1 aromatic heterocycles. The maximum Gasteiger partial charge on any atom is 0.263 e. The fraction of sp³-hybridized carbons (Fsp3) is 0.273. The zero-order chi connectivity index (χ0) is 20.4. The van der Waals surface area contributed by atoms with Crippen molar-refractivity contribution in [2.45, 2.75) is 20.8 Å². The van der Waals surface area contributed by atoms with Gasteiger partial charge in [-0.15, -0.1) is 11.3 Å². The molecule has 0 aliphatic heterocycles. The van der Waals surface area contributed by atoms with E-state index in [2.05, 4.69) is 32.9 Å². The van der Waals surface area contributed by atoms with Crippen molar-refractivity contribution in [3.8, 4) is 22.8 Å². The summed E-state index contributed by atoms with van der Waals surface area (Å²) in [6.07, 6.45) is 0. The molecule has 1 amide bonds. The number of nitrogens with zero attached hydrogens (tertiary/aromatic N) is 2. The minimum absolute atomic E-state index is 0.183. The summed E-state index contributed by atoms with van der Waals surface area (Å²) in [5.41, 5.74) is 6.06. The molecule has 0 bridgehead atoms. The van der Waals surface area contributed by atoms with E-state index in [1.165, 1.54) is 35.1 Å². The lowest BCUT2D eigenvalue weighted by Gasteiger charge is -2.16. The number of hydrogen-bond donors (Lipinski definition) is 0. The van der Waals surface area contributed by atoms with E-state index in [4.69, 9.17) is 14.5 Å². The number of rotatable bonds is 5. The molecule has 0 N–H and O–H groups in total. The van der Waals surface area contributed by atoms with Gasteiger partial charge in [-0.2, -0.15) is 0 Å². The molecule has 0 spiro atoms. The maximum absolute atomic E-state index is 13.0. The Balaban J connectivity index is 1.93. The molecule has 0 fully saturated rings. The molecular weight excluding hydrogens is 372 g/mol. The lowest BCUT2D eigenvalue weighted by molar-refractivity contribution is 0.0990. The fourth-order valence-electron chi connectivity index (χ4n) is 3.36. The minimum Gasteiger partial charge on any atom is -0.497 e. The van der Waals surface area contributed by atoms with E-state index in [-0.39, 0.29) is 5.91 Å². The molecule has 28 heavy (non-hydrogen) atoms. The summed E-state index contributed by atoms with van der Waals surface area (Å²) in [5.74, 6) is 0.925. The van der Waals surface area contributed by atoms with Gasteiger partial charge in [-0.1, -0.05) is 17.7 Å². The van der Waals surface area contributed by atoms with Gasteiger partial charge in [0.25, 0.3) is 5.91 Å². The molecule has 146 valence electrons. The molecule has 0 saturated carbocycles. The van der Waals surface area contributed by atoms with Gasteiger partial charge in [-0.3, -0.25) is 9.69 Å². The van der Waals surface area contributed by atoms with Crippen LogP contribution in [0.3, 0.4) is 0 Å². The zero-order valence-corrected chi connectivity index (χ0v) is 17.8. The predicted molar refractivity (Wildman–Crippen MR) is 114 cm³/mol. The Morgan fingerprint density at radius 3 is 2.32 bits per heavy atom. The SMILES string of the molecule is COc1ccc(C(=O)N(C)c2nc(-c3c(C)cc(C)cc3C)cs2)c(OC)c1. The number of ether oxygens (including phenoxy) is 2. The Kier molecular flexibility index (Phi) is 5.70. The van der Waals surface area contributed by atoms with Crippen LogP contribution in [0.1, 0.15) is 27.0 Å². The monoisotopic (exact) mass is 396 g/mol. The summed E-state index contributed by atoms with van der Waals surface area (Å²) < 4.78 is 10.6. The average Bonchev–Trinajstić information content (AvgIpc) is 3.15. The lowest BCUT2D eigenvalue weighted by Crippen LogP contribution is -2.26. The van der Waals surface area contributed by atoms with Gasteiger partial charge in [0.2, 0.25) is 0 Å². The molecule has 0 unspecified atom stereocenters. The molecule has 3 rings (SSSR count). The second-order valence-corrected chi connectivity index (χ2v) is 7.56. The molecule has 6 heteroatoms. The summed E-state index contributed by atoms with van der Waals surface area (Å²) in [6, 6.07) is 9.46. The topological polar surface area (TPSA) is 51.7 Å². The molecule has 0 aliphatic rings. The number of thiazole rings is 1. The van der Waals surface area contributed by atoms with Crippen molar-refractivity contribution >= 4 is 22.4 Å². The molecule has 0 radical (unpaired) electrons. The summed E-state index contributed by atoms with van der Waals surface area (Å²) in [6.45, 7) is 6.27. The fourth-order valence-corrected chi connectivity index (χ4v) is 4.14. The summed E-state index contributed by atoms with van der Waals surface area (Å²) in [5, 5.41) is 2.63. The molecule has 1 heterocycles. The van der Waals surface area contributed by atoms with Crippen molar-refractivity contribution in [2.75, 3.05) is 26.2 Å². The first-order valence-electron chi connectivity index (χ1n) is 8.89. The number of aryl methyl sites for hydroxylation is 3. The van der Waals surface area contributed by atoms with E-state index in [0.29, 0.717) is 22.2 Å². The summed E-state index contributed by atoms with van der Waals surface area (Å²) in [7, 11) is 4.84. The zero-order valence-electron chi connectivity index (χ0n) is 17.0. The highest BCUT2D eigenvalue weighted by Crippen LogP contribution is 2.33. The third-order valence-corrected chi connectivity index (χ3v) is 5.57. The van der Waals surface area contributed by atoms with Gasteiger partial charge in [0.05, 0.1) is 25.5 Å². The number of carbonyl (C=O) groups excluding carboxylic acids is 1. The van der Waals surface area contributed by atoms with Crippen LogP contribution >= 0.6 is 11.3 Å². The van der Waals surface area contributed by atoms with Gasteiger partial charge in [-0.25, -0.2) is 4.98 Å². The molecule has 3 aromatic rings. The highest BCUT2D eigenvalue weighted by atomic mass is 32.1. The van der Waals surface area contributed by atoms with Crippen molar-refractivity contribution in [3.63, 3.8) is 0 Å². The number of hydrogen-bond acceptors (Lipinski definition) is 5. The van der Waals surface area contributed by atoms with E-state index in [1.807, 2.05) is 5.38 Å². The van der Waals surface area contributed by atoms with E-state index in [0.717, 1.165) is 11.3 Å². The summed E-state index contributed by atoms with van der Waals surface area (Å²) >= 11 is 1.45. The van der Waals surface area contributed by atoms with Crippen molar-refractivity contribution in [1.29, 1.82) is 0 Å². The van der Waals surface area contributed by atoms with Crippen LogP contribution in [0.15, 0.2) is 35.7 Å². The first-order valence-corrected chi connectivity index (χ1v) is 9.77. The highest BCUT2D eigenvalue weighted by molar-refractivity contribution is 7.14. The van der Waals surface area contributed by atoms with Crippen LogP contribution in [-0.2, 0) is 0 Å². The van der Waals surface area contributed by atoms with Crippen LogP contribution < -0.4 is 14.4 Å². The third kappa shape index (κ3) is 3.73. The average molecular weight is 397 g/mol. The van der Waals surface area contributed by atoms with Gasteiger partial charge in [0, 0.05) is 24.1 Å².